The molecule has 0 saturated carbocycles. The molecule has 0 amide bonds. The van der Waals surface area contributed by atoms with Gasteiger partial charge < -0.3 is 5.32 Å². The van der Waals surface area contributed by atoms with Gasteiger partial charge in [-0.1, -0.05) is 17.7 Å². The van der Waals surface area contributed by atoms with E-state index < -0.39 is 10.7 Å². The molecule has 0 radical (unpaired) electrons. The molecule has 0 unspecified atom stereocenters. The lowest BCUT2D eigenvalue weighted by atomic mass is 10.2. The van der Waals surface area contributed by atoms with E-state index >= 15 is 0 Å². The van der Waals surface area contributed by atoms with Crippen molar-refractivity contribution in [2.24, 2.45) is 0 Å². The monoisotopic (exact) mass is 358 g/mol. The molecule has 0 saturated heterocycles. The van der Waals surface area contributed by atoms with Crippen LogP contribution in [0.2, 0.25) is 5.02 Å². The average molecular weight is 360 g/mol. The van der Waals surface area contributed by atoms with Crippen LogP contribution in [0.3, 0.4) is 0 Å². The number of hydrogen-bond acceptors (Lipinski definition) is 3. The average Bonchev–Trinajstić information content (AvgIpc) is 2.41. The number of nitro groups is 1. The van der Waals surface area contributed by atoms with E-state index in [9.17, 15) is 14.5 Å². The molecule has 0 aliphatic carbocycles. The second kappa shape index (κ2) is 6.19. The molecule has 0 fully saturated rings. The second-order valence-corrected chi connectivity index (χ2v) is 5.28. The van der Waals surface area contributed by atoms with E-state index in [-0.39, 0.29) is 11.4 Å². The number of rotatable bonds is 4. The fourth-order valence-electron chi connectivity index (χ4n) is 1.65. The Morgan fingerprint density at radius 1 is 1.30 bits per heavy atom. The van der Waals surface area contributed by atoms with E-state index in [1.807, 2.05) is 6.07 Å². The molecule has 2 rings (SSSR count). The predicted octanol–water partition coefficient (Wildman–Crippen LogP) is 4.76. The lowest BCUT2D eigenvalue weighted by Gasteiger charge is -2.08. The molecule has 0 aliphatic heterocycles. The number of nitrogens with one attached hydrogen (secondary N) is 1. The van der Waals surface area contributed by atoms with Gasteiger partial charge in [-0.25, -0.2) is 4.39 Å². The van der Waals surface area contributed by atoms with Gasteiger partial charge in [0.1, 0.15) is 11.5 Å². The Kier molecular flexibility index (Phi) is 4.57. The van der Waals surface area contributed by atoms with Gasteiger partial charge in [0.15, 0.2) is 0 Å². The van der Waals surface area contributed by atoms with Gasteiger partial charge in [-0.2, -0.15) is 0 Å². The Balaban J connectivity index is 2.18. The van der Waals surface area contributed by atoms with Crippen molar-refractivity contribution in [1.82, 2.24) is 0 Å². The zero-order valence-electron chi connectivity index (χ0n) is 10.1. The number of nitrogens with zero attached hydrogens (tertiary/aromatic N) is 1. The van der Waals surface area contributed by atoms with Gasteiger partial charge in [-0.05, 0) is 45.8 Å². The summed E-state index contributed by atoms with van der Waals surface area (Å²) in [5.41, 5.74) is 0.820. The maximum Gasteiger partial charge on any atom is 0.295 e. The number of anilines is 1. The molecule has 4 nitrogen and oxygen atoms in total. The Morgan fingerprint density at radius 2 is 2.05 bits per heavy atom. The van der Waals surface area contributed by atoms with Crippen LogP contribution in [-0.2, 0) is 6.54 Å². The van der Waals surface area contributed by atoms with Crippen molar-refractivity contribution in [3.63, 3.8) is 0 Å². The molecule has 2 aromatic carbocycles. The van der Waals surface area contributed by atoms with Crippen LogP contribution >= 0.6 is 27.5 Å². The largest absolute Gasteiger partial charge is 0.375 e. The molecular formula is C13H9BrClFN2O2. The summed E-state index contributed by atoms with van der Waals surface area (Å²) < 4.78 is 13.8. The summed E-state index contributed by atoms with van der Waals surface area (Å²) in [6, 6.07) is 8.76. The van der Waals surface area contributed by atoms with Gasteiger partial charge >= 0.3 is 0 Å². The molecule has 2 aromatic rings. The summed E-state index contributed by atoms with van der Waals surface area (Å²) >= 11 is 9.25. The van der Waals surface area contributed by atoms with E-state index in [1.54, 1.807) is 12.1 Å². The molecular weight excluding hydrogens is 351 g/mol. The first kappa shape index (κ1) is 14.7. The van der Waals surface area contributed by atoms with Gasteiger partial charge in [0, 0.05) is 11.0 Å². The van der Waals surface area contributed by atoms with E-state index in [2.05, 4.69) is 21.2 Å². The maximum absolute atomic E-state index is 13.0. The third-order valence-corrected chi connectivity index (χ3v) is 3.86. The molecule has 0 aromatic heterocycles. The SMILES string of the molecule is O=[N+]([O-])c1cc(F)ccc1NCc1ccc(Br)c(Cl)c1. The number of halogens is 3. The zero-order valence-corrected chi connectivity index (χ0v) is 12.4. The van der Waals surface area contributed by atoms with Crippen LogP contribution < -0.4 is 5.32 Å². The van der Waals surface area contributed by atoms with E-state index in [0.717, 1.165) is 16.1 Å². The summed E-state index contributed by atoms with van der Waals surface area (Å²) in [6.45, 7) is 0.347. The first-order chi connectivity index (χ1) is 9.47. The first-order valence-electron chi connectivity index (χ1n) is 5.59. The summed E-state index contributed by atoms with van der Waals surface area (Å²) in [4.78, 5) is 10.2. The summed E-state index contributed by atoms with van der Waals surface area (Å²) in [6.07, 6.45) is 0. The van der Waals surface area contributed by atoms with Crippen molar-refractivity contribution in [3.05, 3.63) is 67.4 Å². The Hall–Kier alpha value is -1.66. The van der Waals surface area contributed by atoms with Crippen molar-refractivity contribution in [2.75, 3.05) is 5.32 Å². The normalized spacial score (nSPS) is 10.3. The van der Waals surface area contributed by atoms with Crippen molar-refractivity contribution in [2.45, 2.75) is 6.54 Å². The van der Waals surface area contributed by atoms with Crippen LogP contribution in [0.25, 0.3) is 0 Å². The minimum absolute atomic E-state index is 0.260. The highest BCUT2D eigenvalue weighted by Gasteiger charge is 2.14. The van der Waals surface area contributed by atoms with Crippen molar-refractivity contribution < 1.29 is 9.31 Å². The fraction of sp³-hybridized carbons (Fsp3) is 0.0769. The Bertz CT molecular complexity index is 667. The topological polar surface area (TPSA) is 55.2 Å². The minimum Gasteiger partial charge on any atom is -0.375 e. The molecule has 0 heterocycles. The van der Waals surface area contributed by atoms with Crippen LogP contribution in [0.4, 0.5) is 15.8 Å². The lowest BCUT2D eigenvalue weighted by molar-refractivity contribution is -0.384. The van der Waals surface area contributed by atoms with Crippen molar-refractivity contribution >= 4 is 38.9 Å². The highest BCUT2D eigenvalue weighted by Crippen LogP contribution is 2.27. The van der Waals surface area contributed by atoms with Gasteiger partial charge in [0.2, 0.25) is 0 Å². The lowest BCUT2D eigenvalue weighted by Crippen LogP contribution is -2.03. The van der Waals surface area contributed by atoms with E-state index in [1.165, 1.54) is 12.1 Å². The Morgan fingerprint density at radius 3 is 2.70 bits per heavy atom. The number of benzene rings is 2. The molecule has 7 heteroatoms. The zero-order chi connectivity index (χ0) is 14.7. The van der Waals surface area contributed by atoms with Crippen LogP contribution in [0.1, 0.15) is 5.56 Å². The van der Waals surface area contributed by atoms with Gasteiger partial charge in [-0.15, -0.1) is 0 Å². The van der Waals surface area contributed by atoms with E-state index in [4.69, 9.17) is 11.6 Å². The van der Waals surface area contributed by atoms with Crippen LogP contribution in [0, 0.1) is 15.9 Å². The number of nitro benzene ring substituents is 1. The molecule has 0 spiro atoms. The fourth-order valence-corrected chi connectivity index (χ4v) is 2.10. The second-order valence-electron chi connectivity index (χ2n) is 4.02. The van der Waals surface area contributed by atoms with E-state index in [0.29, 0.717) is 11.6 Å². The molecule has 0 bridgehead atoms. The molecule has 20 heavy (non-hydrogen) atoms. The number of hydrogen-bond donors (Lipinski definition) is 1. The van der Waals surface area contributed by atoms with Crippen molar-refractivity contribution in [1.29, 1.82) is 0 Å². The maximum atomic E-state index is 13.0. The summed E-state index contributed by atoms with van der Waals surface area (Å²) in [7, 11) is 0. The first-order valence-corrected chi connectivity index (χ1v) is 6.76. The Labute approximate surface area is 127 Å². The van der Waals surface area contributed by atoms with Gasteiger partial charge in [0.25, 0.3) is 5.69 Å². The molecule has 0 aliphatic rings. The van der Waals surface area contributed by atoms with Crippen molar-refractivity contribution in [3.8, 4) is 0 Å². The predicted molar refractivity (Wildman–Crippen MR) is 79.5 cm³/mol. The summed E-state index contributed by atoms with van der Waals surface area (Å²) in [5, 5.41) is 14.3. The molecule has 1 N–H and O–H groups in total. The van der Waals surface area contributed by atoms with Gasteiger partial charge in [0.05, 0.1) is 16.0 Å². The van der Waals surface area contributed by atoms with Crippen LogP contribution in [-0.4, -0.2) is 4.92 Å². The third-order valence-electron chi connectivity index (χ3n) is 2.62. The van der Waals surface area contributed by atoms with Gasteiger partial charge in [-0.3, -0.25) is 10.1 Å². The van der Waals surface area contributed by atoms with Crippen LogP contribution in [0.15, 0.2) is 40.9 Å². The minimum atomic E-state index is -0.645. The summed E-state index contributed by atoms with van der Waals surface area (Å²) in [5.74, 6) is -0.645. The van der Waals surface area contributed by atoms with Crippen LogP contribution in [0.5, 0.6) is 0 Å². The third kappa shape index (κ3) is 3.46. The molecule has 0 atom stereocenters. The smallest absolute Gasteiger partial charge is 0.295 e. The quantitative estimate of drug-likeness (QED) is 0.632. The highest BCUT2D eigenvalue weighted by atomic mass is 79.9. The standard InChI is InChI=1S/C13H9BrClFN2O2/c14-10-3-1-8(5-11(10)15)7-17-12-4-2-9(16)6-13(12)18(19)20/h1-6,17H,7H2. The molecule has 104 valence electrons. The highest BCUT2D eigenvalue weighted by molar-refractivity contribution is 9.10.